The van der Waals surface area contributed by atoms with Crippen LogP contribution in [0.15, 0.2) is 24.3 Å². The van der Waals surface area contributed by atoms with E-state index in [1.807, 2.05) is 24.3 Å². The maximum atomic E-state index is 13.2. The molecule has 2 aliphatic rings. The van der Waals surface area contributed by atoms with Gasteiger partial charge in [0.15, 0.2) is 0 Å². The first-order chi connectivity index (χ1) is 13.4. The molecule has 3 amide bonds. The number of fused-ring (bicyclic) bond motifs is 1. The number of piperidine rings is 1. The summed E-state index contributed by atoms with van der Waals surface area (Å²) in [5, 5.41) is 4.58. The van der Waals surface area contributed by atoms with Crippen LogP contribution in [0.1, 0.15) is 25.0 Å². The first-order valence-corrected chi connectivity index (χ1v) is 10.0. The quantitative estimate of drug-likeness (QED) is 0.817. The highest BCUT2D eigenvalue weighted by Gasteiger charge is 2.46. The average Bonchev–Trinajstić information content (AvgIpc) is 3.29. The third-order valence-electron chi connectivity index (χ3n) is 5.67. The normalized spacial score (nSPS) is 24.2. The minimum absolute atomic E-state index is 0.0592. The molecule has 4 rings (SSSR count). The molecule has 1 aromatic heterocycles. The second-order valence-corrected chi connectivity index (χ2v) is 8.17. The zero-order valence-corrected chi connectivity index (χ0v) is 16.5. The minimum Gasteiger partial charge on any atom is -0.357 e. The largest absolute Gasteiger partial charge is 0.357 e. The number of halogens is 2. The van der Waals surface area contributed by atoms with E-state index in [4.69, 9.17) is 11.6 Å². The topological polar surface area (TPSA) is 68.4 Å². The predicted octanol–water partition coefficient (Wildman–Crippen LogP) is 3.31. The van der Waals surface area contributed by atoms with Crippen molar-refractivity contribution in [2.45, 2.75) is 38.0 Å². The van der Waals surface area contributed by atoms with Gasteiger partial charge in [0.05, 0.1) is 18.5 Å². The highest BCUT2D eigenvalue weighted by molar-refractivity contribution is 6.31. The van der Waals surface area contributed by atoms with Crippen molar-refractivity contribution in [2.24, 2.45) is 5.92 Å². The number of aromatic amines is 1. The summed E-state index contributed by atoms with van der Waals surface area (Å²) >= 11 is 6.01. The Morgan fingerprint density at radius 1 is 1.39 bits per heavy atom. The van der Waals surface area contributed by atoms with Gasteiger partial charge >= 0.3 is 6.03 Å². The van der Waals surface area contributed by atoms with Gasteiger partial charge in [0.2, 0.25) is 5.91 Å². The van der Waals surface area contributed by atoms with Crippen LogP contribution in [-0.2, 0) is 11.3 Å². The second kappa shape index (κ2) is 7.62. The molecule has 1 aromatic carbocycles. The first kappa shape index (κ1) is 19.1. The summed E-state index contributed by atoms with van der Waals surface area (Å²) in [6.07, 6.45) is 1.01. The monoisotopic (exact) mass is 406 g/mol. The van der Waals surface area contributed by atoms with Crippen LogP contribution >= 0.6 is 11.6 Å². The molecule has 1 aliphatic carbocycles. The van der Waals surface area contributed by atoms with Gasteiger partial charge in [0.25, 0.3) is 0 Å². The standard InChI is InChI=1S/C20H24ClFN4O2/c1-25(15-3-2-6-26(11-15)19(27)16-9-17(16)22)20(28)23-10-14-8-12-7-13(21)4-5-18(12)24-14/h4-5,7-8,15-17,24H,2-3,6,9-11H2,1H3,(H,23,28)/t15-,16+,17+/m1/s1. The molecule has 0 radical (unpaired) electrons. The number of rotatable bonds is 4. The molecule has 0 unspecified atom stereocenters. The van der Waals surface area contributed by atoms with Crippen molar-refractivity contribution in [2.75, 3.05) is 20.1 Å². The van der Waals surface area contributed by atoms with Gasteiger partial charge in [-0.15, -0.1) is 0 Å². The highest BCUT2D eigenvalue weighted by Crippen LogP contribution is 2.36. The number of hydrogen-bond donors (Lipinski definition) is 2. The van der Waals surface area contributed by atoms with Gasteiger partial charge in [-0.25, -0.2) is 9.18 Å². The number of carbonyl (C=O) groups excluding carboxylic acids is 2. The van der Waals surface area contributed by atoms with E-state index >= 15 is 0 Å². The Morgan fingerprint density at radius 2 is 2.18 bits per heavy atom. The summed E-state index contributed by atoms with van der Waals surface area (Å²) in [7, 11) is 1.74. The van der Waals surface area contributed by atoms with E-state index in [0.29, 0.717) is 31.1 Å². The molecule has 28 heavy (non-hydrogen) atoms. The smallest absolute Gasteiger partial charge is 0.317 e. The Bertz CT molecular complexity index is 901. The number of nitrogens with zero attached hydrogens (tertiary/aromatic N) is 2. The number of aromatic nitrogens is 1. The molecule has 3 atom stereocenters. The molecule has 2 N–H and O–H groups in total. The molecule has 2 aromatic rings. The molecule has 6 nitrogen and oxygen atoms in total. The lowest BCUT2D eigenvalue weighted by Gasteiger charge is -2.37. The van der Waals surface area contributed by atoms with Crippen molar-refractivity contribution in [3.05, 3.63) is 35.0 Å². The van der Waals surface area contributed by atoms with Gasteiger partial charge in [-0.05, 0) is 43.5 Å². The summed E-state index contributed by atoms with van der Waals surface area (Å²) in [6, 6.07) is 7.32. The van der Waals surface area contributed by atoms with Gasteiger partial charge in [-0.2, -0.15) is 0 Å². The van der Waals surface area contributed by atoms with E-state index in [-0.39, 0.29) is 18.0 Å². The van der Waals surface area contributed by atoms with Crippen LogP contribution in [0.4, 0.5) is 9.18 Å². The molecule has 2 heterocycles. The maximum absolute atomic E-state index is 13.2. The lowest BCUT2D eigenvalue weighted by molar-refractivity contribution is -0.134. The molecule has 1 saturated heterocycles. The molecule has 8 heteroatoms. The summed E-state index contributed by atoms with van der Waals surface area (Å²) in [5.41, 5.74) is 1.86. The summed E-state index contributed by atoms with van der Waals surface area (Å²) in [4.78, 5) is 31.5. The Labute approximate surface area is 168 Å². The molecule has 1 saturated carbocycles. The number of amides is 3. The minimum atomic E-state index is -0.986. The van der Waals surface area contributed by atoms with E-state index in [9.17, 15) is 14.0 Å². The van der Waals surface area contributed by atoms with Gasteiger partial charge in [-0.3, -0.25) is 4.79 Å². The van der Waals surface area contributed by atoms with Crippen molar-refractivity contribution >= 4 is 34.4 Å². The molecule has 2 fully saturated rings. The van der Waals surface area contributed by atoms with Crippen LogP contribution in [0.2, 0.25) is 5.02 Å². The van der Waals surface area contributed by atoms with Crippen molar-refractivity contribution < 1.29 is 14.0 Å². The molecular weight excluding hydrogens is 383 g/mol. The molecular formula is C20H24ClFN4O2. The number of carbonyl (C=O) groups is 2. The van der Waals surface area contributed by atoms with Crippen molar-refractivity contribution in [3.63, 3.8) is 0 Å². The Kier molecular flexibility index (Phi) is 5.19. The summed E-state index contributed by atoms with van der Waals surface area (Å²) < 4.78 is 13.2. The lowest BCUT2D eigenvalue weighted by atomic mass is 10.0. The SMILES string of the molecule is CN(C(=O)NCc1cc2cc(Cl)ccc2[nH]1)[C@@H]1CCCN(C(=O)[C@H]2C[C@@H]2F)C1. The zero-order valence-electron chi connectivity index (χ0n) is 15.8. The Hall–Kier alpha value is -2.28. The number of alkyl halides is 1. The number of likely N-dealkylation sites (tertiary alicyclic amines) is 1. The fraction of sp³-hybridized carbons (Fsp3) is 0.500. The molecule has 0 bridgehead atoms. The summed E-state index contributed by atoms with van der Waals surface area (Å²) in [5.74, 6) is -0.573. The summed E-state index contributed by atoms with van der Waals surface area (Å²) in [6.45, 7) is 1.49. The average molecular weight is 407 g/mol. The fourth-order valence-electron chi connectivity index (χ4n) is 3.85. The van der Waals surface area contributed by atoms with Crippen molar-refractivity contribution in [3.8, 4) is 0 Å². The molecule has 1 aliphatic heterocycles. The number of benzene rings is 1. The van der Waals surface area contributed by atoms with Crippen LogP contribution in [0, 0.1) is 5.92 Å². The Balaban J connectivity index is 1.32. The van der Waals surface area contributed by atoms with E-state index < -0.39 is 12.1 Å². The predicted molar refractivity (Wildman–Crippen MR) is 106 cm³/mol. The van der Waals surface area contributed by atoms with Gasteiger partial charge in [0, 0.05) is 41.8 Å². The second-order valence-electron chi connectivity index (χ2n) is 7.73. The number of urea groups is 1. The van der Waals surface area contributed by atoms with Gasteiger partial charge in [-0.1, -0.05) is 11.6 Å². The van der Waals surface area contributed by atoms with Crippen molar-refractivity contribution in [1.29, 1.82) is 0 Å². The van der Waals surface area contributed by atoms with E-state index in [0.717, 1.165) is 29.4 Å². The number of nitrogens with one attached hydrogen (secondary N) is 2. The van der Waals surface area contributed by atoms with Crippen molar-refractivity contribution in [1.82, 2.24) is 20.1 Å². The van der Waals surface area contributed by atoms with Crippen LogP contribution < -0.4 is 5.32 Å². The van der Waals surface area contributed by atoms with E-state index in [2.05, 4.69) is 10.3 Å². The molecule has 150 valence electrons. The lowest BCUT2D eigenvalue weighted by Crippen LogP contribution is -2.52. The van der Waals surface area contributed by atoms with Crippen LogP contribution in [-0.4, -0.2) is 59.1 Å². The van der Waals surface area contributed by atoms with Gasteiger partial charge < -0.3 is 20.1 Å². The van der Waals surface area contributed by atoms with Crippen LogP contribution in [0.3, 0.4) is 0 Å². The van der Waals surface area contributed by atoms with E-state index in [1.54, 1.807) is 16.8 Å². The molecule has 0 spiro atoms. The fourth-order valence-corrected chi connectivity index (χ4v) is 4.03. The van der Waals surface area contributed by atoms with Gasteiger partial charge in [0.1, 0.15) is 6.17 Å². The number of likely N-dealkylation sites (N-methyl/N-ethyl adjacent to an activating group) is 1. The Morgan fingerprint density at radius 3 is 2.93 bits per heavy atom. The third-order valence-corrected chi connectivity index (χ3v) is 5.91. The van der Waals surface area contributed by atoms with Crippen LogP contribution in [0.5, 0.6) is 0 Å². The highest BCUT2D eigenvalue weighted by atomic mass is 35.5. The number of hydrogen-bond acceptors (Lipinski definition) is 2. The van der Waals surface area contributed by atoms with E-state index in [1.165, 1.54) is 0 Å². The number of H-pyrrole nitrogens is 1. The first-order valence-electron chi connectivity index (χ1n) is 9.63. The van der Waals surface area contributed by atoms with Crippen LogP contribution in [0.25, 0.3) is 10.9 Å². The maximum Gasteiger partial charge on any atom is 0.317 e. The zero-order chi connectivity index (χ0) is 19.8. The third kappa shape index (κ3) is 3.94.